The molecule has 148 valence electrons. The lowest BCUT2D eigenvalue weighted by Crippen LogP contribution is -2.22. The molecule has 11 heteroatoms. The minimum atomic E-state index is -1.19. The maximum Gasteiger partial charge on any atom is 0.328 e. The first kappa shape index (κ1) is 21.9. The van der Waals surface area contributed by atoms with Crippen LogP contribution in [0.5, 0.6) is 0 Å². The zero-order valence-electron chi connectivity index (χ0n) is 15.0. The van der Waals surface area contributed by atoms with Crippen LogP contribution in [-0.2, 0) is 14.4 Å². The fourth-order valence-corrected chi connectivity index (χ4v) is 4.00. The molecule has 0 spiro atoms. The van der Waals surface area contributed by atoms with Crippen LogP contribution >= 0.6 is 35.1 Å². The molecule has 2 aromatic rings. The minimum Gasteiger partial charge on any atom is -0.478 e. The van der Waals surface area contributed by atoms with Gasteiger partial charge in [0.25, 0.3) is 0 Å². The van der Waals surface area contributed by atoms with Gasteiger partial charge in [-0.05, 0) is 36.9 Å². The fourth-order valence-electron chi connectivity index (χ4n) is 1.86. The number of nitrogens with zero attached hydrogens (tertiary/aromatic N) is 2. The van der Waals surface area contributed by atoms with Crippen LogP contribution in [-0.4, -0.2) is 43.3 Å². The molecule has 28 heavy (non-hydrogen) atoms. The Labute approximate surface area is 174 Å². The predicted octanol–water partition coefficient (Wildman–Crippen LogP) is 3.35. The first-order valence-corrected chi connectivity index (χ1v) is 10.8. The molecular formula is C17H18N4O4S3. The highest BCUT2D eigenvalue weighted by atomic mass is 32.2. The van der Waals surface area contributed by atoms with Crippen LogP contribution in [0.4, 0.5) is 10.8 Å². The van der Waals surface area contributed by atoms with Crippen LogP contribution in [0.1, 0.15) is 13.8 Å². The van der Waals surface area contributed by atoms with Gasteiger partial charge in [0.2, 0.25) is 22.1 Å². The van der Waals surface area contributed by atoms with Gasteiger partial charge in [-0.2, -0.15) is 9.36 Å². The molecule has 1 aromatic carbocycles. The summed E-state index contributed by atoms with van der Waals surface area (Å²) in [6.07, 6.45) is 1.71. The van der Waals surface area contributed by atoms with Crippen molar-refractivity contribution < 1.29 is 19.5 Å². The maximum atomic E-state index is 12.3. The normalized spacial score (nSPS) is 11.9. The zero-order valence-corrected chi connectivity index (χ0v) is 17.5. The lowest BCUT2D eigenvalue weighted by molar-refractivity contribution is -0.131. The SMILES string of the molecule is CCSc1nsc(NC(=O)C(C)Sc2ccc(NC(=O)/C=C/C(=O)O)cc2)n1. The Balaban J connectivity index is 1.87. The number of hydrogen-bond donors (Lipinski definition) is 3. The van der Waals surface area contributed by atoms with Crippen molar-refractivity contribution in [3.05, 3.63) is 36.4 Å². The highest BCUT2D eigenvalue weighted by molar-refractivity contribution is 8.00. The Bertz CT molecular complexity index is 868. The average Bonchev–Trinajstić information content (AvgIpc) is 3.09. The highest BCUT2D eigenvalue weighted by Crippen LogP contribution is 2.26. The molecule has 2 amide bonds. The van der Waals surface area contributed by atoms with Crippen molar-refractivity contribution in [2.45, 2.75) is 29.1 Å². The molecule has 0 saturated heterocycles. The number of amides is 2. The number of carbonyl (C=O) groups excluding carboxylic acids is 2. The number of nitrogens with one attached hydrogen (secondary N) is 2. The van der Waals surface area contributed by atoms with Gasteiger partial charge in [-0.1, -0.05) is 18.7 Å². The van der Waals surface area contributed by atoms with E-state index in [1.54, 1.807) is 31.2 Å². The molecule has 2 rings (SSSR count). The lowest BCUT2D eigenvalue weighted by Gasteiger charge is -2.11. The number of rotatable bonds is 9. The van der Waals surface area contributed by atoms with E-state index in [0.29, 0.717) is 16.0 Å². The van der Waals surface area contributed by atoms with E-state index in [1.165, 1.54) is 23.5 Å². The minimum absolute atomic E-state index is 0.176. The van der Waals surface area contributed by atoms with Gasteiger partial charge in [-0.15, -0.1) is 11.8 Å². The summed E-state index contributed by atoms with van der Waals surface area (Å²) in [5.74, 6) is -1.04. The van der Waals surface area contributed by atoms with E-state index >= 15 is 0 Å². The topological polar surface area (TPSA) is 121 Å². The third-order valence-electron chi connectivity index (χ3n) is 3.09. The molecule has 0 fully saturated rings. The molecule has 1 atom stereocenters. The maximum absolute atomic E-state index is 12.3. The monoisotopic (exact) mass is 438 g/mol. The number of anilines is 2. The molecular weight excluding hydrogens is 420 g/mol. The van der Waals surface area contributed by atoms with Gasteiger partial charge < -0.3 is 10.4 Å². The van der Waals surface area contributed by atoms with E-state index in [9.17, 15) is 14.4 Å². The second kappa shape index (κ2) is 10.8. The quantitative estimate of drug-likeness (QED) is 0.403. The van der Waals surface area contributed by atoms with Crippen molar-refractivity contribution in [1.82, 2.24) is 9.36 Å². The Morgan fingerprint density at radius 2 is 1.93 bits per heavy atom. The smallest absolute Gasteiger partial charge is 0.328 e. The van der Waals surface area contributed by atoms with E-state index in [0.717, 1.165) is 34.3 Å². The number of carboxylic acid groups (broad SMARTS) is 1. The molecule has 0 aliphatic rings. The van der Waals surface area contributed by atoms with Crippen molar-refractivity contribution in [2.75, 3.05) is 16.4 Å². The Morgan fingerprint density at radius 1 is 1.21 bits per heavy atom. The number of carboxylic acids is 1. The average molecular weight is 439 g/mol. The summed E-state index contributed by atoms with van der Waals surface area (Å²) in [6.45, 7) is 3.79. The van der Waals surface area contributed by atoms with Crippen molar-refractivity contribution in [3.8, 4) is 0 Å². The third-order valence-corrected chi connectivity index (χ3v) is 5.68. The molecule has 0 saturated carbocycles. The van der Waals surface area contributed by atoms with Gasteiger partial charge in [0, 0.05) is 34.3 Å². The second-order valence-corrected chi connectivity index (χ2v) is 8.65. The van der Waals surface area contributed by atoms with Crippen molar-refractivity contribution in [1.29, 1.82) is 0 Å². The van der Waals surface area contributed by atoms with Crippen molar-refractivity contribution >= 4 is 63.7 Å². The molecule has 8 nitrogen and oxygen atoms in total. The summed E-state index contributed by atoms with van der Waals surface area (Å²) in [5, 5.41) is 14.6. The first-order valence-electron chi connectivity index (χ1n) is 8.13. The summed E-state index contributed by atoms with van der Waals surface area (Å²) in [7, 11) is 0. The van der Waals surface area contributed by atoms with E-state index < -0.39 is 11.9 Å². The zero-order chi connectivity index (χ0) is 20.5. The van der Waals surface area contributed by atoms with Gasteiger partial charge in [0.1, 0.15) is 0 Å². The van der Waals surface area contributed by atoms with Crippen LogP contribution in [0, 0.1) is 0 Å². The molecule has 1 heterocycles. The molecule has 0 aliphatic carbocycles. The van der Waals surface area contributed by atoms with Gasteiger partial charge in [-0.25, -0.2) is 4.79 Å². The Morgan fingerprint density at radius 3 is 2.57 bits per heavy atom. The molecule has 1 unspecified atom stereocenters. The van der Waals surface area contributed by atoms with Crippen LogP contribution in [0.25, 0.3) is 0 Å². The van der Waals surface area contributed by atoms with Crippen molar-refractivity contribution in [2.24, 2.45) is 0 Å². The summed E-state index contributed by atoms with van der Waals surface area (Å²) in [4.78, 5) is 39.3. The van der Waals surface area contributed by atoms with E-state index in [2.05, 4.69) is 20.0 Å². The highest BCUT2D eigenvalue weighted by Gasteiger charge is 2.16. The van der Waals surface area contributed by atoms with Crippen LogP contribution in [0.2, 0.25) is 0 Å². The fraction of sp³-hybridized carbons (Fsp3) is 0.235. The second-order valence-electron chi connectivity index (χ2n) is 5.25. The van der Waals surface area contributed by atoms with Crippen molar-refractivity contribution in [3.63, 3.8) is 0 Å². The summed E-state index contributed by atoms with van der Waals surface area (Å²) < 4.78 is 4.16. The number of carbonyl (C=O) groups is 3. The van der Waals surface area contributed by atoms with Gasteiger partial charge in [0.15, 0.2) is 0 Å². The van der Waals surface area contributed by atoms with Gasteiger partial charge in [-0.3, -0.25) is 14.9 Å². The van der Waals surface area contributed by atoms with E-state index in [1.807, 2.05) is 6.92 Å². The van der Waals surface area contributed by atoms with Gasteiger partial charge in [0.05, 0.1) is 5.25 Å². The largest absolute Gasteiger partial charge is 0.478 e. The summed E-state index contributed by atoms with van der Waals surface area (Å²) in [5.41, 5.74) is 0.524. The Kier molecular flexibility index (Phi) is 8.48. The van der Waals surface area contributed by atoms with Crippen LogP contribution in [0.15, 0.2) is 46.5 Å². The van der Waals surface area contributed by atoms with E-state index in [4.69, 9.17) is 5.11 Å². The van der Waals surface area contributed by atoms with Crippen LogP contribution in [0.3, 0.4) is 0 Å². The summed E-state index contributed by atoms with van der Waals surface area (Å²) >= 11 is 4.03. The summed E-state index contributed by atoms with van der Waals surface area (Å²) in [6, 6.07) is 6.90. The molecule has 0 bridgehead atoms. The third kappa shape index (κ3) is 7.33. The molecule has 3 N–H and O–H groups in total. The Hall–Kier alpha value is -2.37. The molecule has 0 aliphatic heterocycles. The number of aliphatic carboxylic acids is 1. The predicted molar refractivity (Wildman–Crippen MR) is 112 cm³/mol. The van der Waals surface area contributed by atoms with E-state index in [-0.39, 0.29) is 11.2 Å². The standard InChI is InChI=1S/C17H18N4O4S3/c1-3-26-17-20-16(28-21-17)19-15(25)10(2)27-12-6-4-11(5-7-12)18-13(22)8-9-14(23)24/h4-10H,3H2,1-2H3,(H,18,22)(H,23,24)(H,19,20,21,25)/b9-8+. The first-order chi connectivity index (χ1) is 13.4. The number of hydrogen-bond acceptors (Lipinski definition) is 8. The number of aromatic nitrogens is 2. The molecule has 1 aromatic heterocycles. The number of benzene rings is 1. The van der Waals surface area contributed by atoms with Crippen LogP contribution < -0.4 is 10.6 Å². The van der Waals surface area contributed by atoms with Gasteiger partial charge >= 0.3 is 5.97 Å². The number of thioether (sulfide) groups is 2. The molecule has 0 radical (unpaired) electrons. The lowest BCUT2D eigenvalue weighted by atomic mass is 10.3.